The number of oxime groups is 1. The molecule has 0 saturated heterocycles. The number of hydrogen-bond acceptors (Lipinski definition) is 4. The predicted octanol–water partition coefficient (Wildman–Crippen LogP) is -0.210. The fraction of sp³-hybridized carbons (Fsp3) is 0.727. The van der Waals surface area contributed by atoms with Crippen LogP contribution in [-0.2, 0) is 9.59 Å². The van der Waals surface area contributed by atoms with E-state index in [1.165, 1.54) is 0 Å². The Morgan fingerprint density at radius 3 is 2.44 bits per heavy atom. The maximum Gasteiger partial charge on any atom is 0.230 e. The van der Waals surface area contributed by atoms with Gasteiger partial charge in [0.15, 0.2) is 5.84 Å². The molecule has 5 N–H and O–H groups in total. The zero-order chi connectivity index (χ0) is 14.1. The molecule has 0 radical (unpaired) electrons. The highest BCUT2D eigenvalue weighted by atomic mass is 16.4. The Labute approximate surface area is 107 Å². The van der Waals surface area contributed by atoms with E-state index >= 15 is 0 Å². The van der Waals surface area contributed by atoms with Gasteiger partial charge in [-0.05, 0) is 20.3 Å². The van der Waals surface area contributed by atoms with E-state index in [9.17, 15) is 9.59 Å². The number of amidine groups is 1. The zero-order valence-electron chi connectivity index (χ0n) is 11.1. The summed E-state index contributed by atoms with van der Waals surface area (Å²) in [5.74, 6) is -1.25. The lowest BCUT2D eigenvalue weighted by molar-refractivity contribution is -0.123. The SMILES string of the molecule is CCC(C(=O)NCCC(=O)NC(C)C)C(N)=NO. The average molecular weight is 258 g/mol. The first-order chi connectivity index (χ1) is 8.42. The summed E-state index contributed by atoms with van der Waals surface area (Å²) in [6.07, 6.45) is 0.635. The first-order valence-corrected chi connectivity index (χ1v) is 5.96. The van der Waals surface area contributed by atoms with E-state index in [0.29, 0.717) is 6.42 Å². The van der Waals surface area contributed by atoms with E-state index in [1.54, 1.807) is 6.92 Å². The lowest BCUT2D eigenvalue weighted by Gasteiger charge is -2.13. The minimum absolute atomic E-state index is 0.0776. The summed E-state index contributed by atoms with van der Waals surface area (Å²) in [6.45, 7) is 5.71. The minimum Gasteiger partial charge on any atom is -0.409 e. The van der Waals surface area contributed by atoms with Crippen molar-refractivity contribution in [2.45, 2.75) is 39.7 Å². The molecule has 0 aliphatic rings. The fourth-order valence-electron chi connectivity index (χ4n) is 1.42. The van der Waals surface area contributed by atoms with Gasteiger partial charge in [0.1, 0.15) is 0 Å². The summed E-state index contributed by atoms with van der Waals surface area (Å²) < 4.78 is 0. The summed E-state index contributed by atoms with van der Waals surface area (Å²) in [5.41, 5.74) is 5.39. The number of rotatable bonds is 7. The average Bonchev–Trinajstić information content (AvgIpc) is 2.28. The number of nitrogens with one attached hydrogen (secondary N) is 2. The Bertz CT molecular complexity index is 315. The van der Waals surface area contributed by atoms with Crippen LogP contribution in [0.15, 0.2) is 5.16 Å². The zero-order valence-corrected chi connectivity index (χ0v) is 11.1. The van der Waals surface area contributed by atoms with Gasteiger partial charge in [-0.3, -0.25) is 9.59 Å². The van der Waals surface area contributed by atoms with Crippen molar-refractivity contribution in [2.24, 2.45) is 16.8 Å². The van der Waals surface area contributed by atoms with Gasteiger partial charge in [-0.15, -0.1) is 0 Å². The minimum atomic E-state index is -0.664. The highest BCUT2D eigenvalue weighted by Crippen LogP contribution is 2.02. The van der Waals surface area contributed by atoms with Crippen molar-refractivity contribution in [3.63, 3.8) is 0 Å². The highest BCUT2D eigenvalue weighted by Gasteiger charge is 2.20. The third-order valence-corrected chi connectivity index (χ3v) is 2.30. The standard InChI is InChI=1S/C11H22N4O3/c1-4-8(10(12)15-18)11(17)13-6-5-9(16)14-7(2)3/h7-8,18H,4-6H2,1-3H3,(H2,12,15)(H,13,17)(H,14,16). The smallest absolute Gasteiger partial charge is 0.230 e. The Balaban J connectivity index is 4.06. The Kier molecular flexibility index (Phi) is 7.50. The lowest BCUT2D eigenvalue weighted by atomic mass is 10.0. The molecule has 0 aromatic carbocycles. The molecule has 0 spiro atoms. The number of amides is 2. The molecule has 1 unspecified atom stereocenters. The van der Waals surface area contributed by atoms with Crippen molar-refractivity contribution >= 4 is 17.6 Å². The molecule has 1 atom stereocenters. The van der Waals surface area contributed by atoms with E-state index in [4.69, 9.17) is 10.9 Å². The van der Waals surface area contributed by atoms with Gasteiger partial charge in [-0.25, -0.2) is 0 Å². The lowest BCUT2D eigenvalue weighted by Crippen LogP contribution is -2.40. The van der Waals surface area contributed by atoms with Crippen molar-refractivity contribution in [1.82, 2.24) is 10.6 Å². The molecule has 0 aliphatic carbocycles. The van der Waals surface area contributed by atoms with Crippen LogP contribution in [0.25, 0.3) is 0 Å². The molecule has 2 amide bonds. The molecular formula is C11H22N4O3. The summed E-state index contributed by atoms with van der Waals surface area (Å²) in [4.78, 5) is 23.0. The predicted molar refractivity (Wildman–Crippen MR) is 68.1 cm³/mol. The number of nitrogens with zero attached hydrogens (tertiary/aromatic N) is 1. The van der Waals surface area contributed by atoms with Crippen LogP contribution in [0, 0.1) is 5.92 Å². The maximum absolute atomic E-state index is 11.7. The van der Waals surface area contributed by atoms with Gasteiger partial charge in [0.25, 0.3) is 0 Å². The molecular weight excluding hydrogens is 236 g/mol. The molecule has 7 heteroatoms. The van der Waals surface area contributed by atoms with Gasteiger partial charge in [-0.1, -0.05) is 12.1 Å². The maximum atomic E-state index is 11.7. The van der Waals surface area contributed by atoms with Gasteiger partial charge in [0.05, 0.1) is 5.92 Å². The van der Waals surface area contributed by atoms with Crippen molar-refractivity contribution in [1.29, 1.82) is 0 Å². The summed E-state index contributed by atoms with van der Waals surface area (Å²) in [5, 5.41) is 16.6. The molecule has 0 fully saturated rings. The molecule has 18 heavy (non-hydrogen) atoms. The topological polar surface area (TPSA) is 117 Å². The summed E-state index contributed by atoms with van der Waals surface area (Å²) >= 11 is 0. The molecule has 0 aromatic rings. The van der Waals surface area contributed by atoms with Crippen LogP contribution in [-0.4, -0.2) is 35.4 Å². The van der Waals surface area contributed by atoms with Crippen LogP contribution in [0.4, 0.5) is 0 Å². The Morgan fingerprint density at radius 1 is 1.39 bits per heavy atom. The van der Waals surface area contributed by atoms with E-state index in [1.807, 2.05) is 13.8 Å². The van der Waals surface area contributed by atoms with Crippen LogP contribution in [0.2, 0.25) is 0 Å². The Morgan fingerprint density at radius 2 is 2.00 bits per heavy atom. The quantitative estimate of drug-likeness (QED) is 0.219. The first-order valence-electron chi connectivity index (χ1n) is 5.96. The molecule has 0 heterocycles. The highest BCUT2D eigenvalue weighted by molar-refractivity contribution is 6.02. The van der Waals surface area contributed by atoms with Crippen LogP contribution in [0.3, 0.4) is 0 Å². The second kappa shape index (κ2) is 8.32. The summed E-state index contributed by atoms with van der Waals surface area (Å²) in [7, 11) is 0. The normalized spacial score (nSPS) is 13.2. The van der Waals surface area contributed by atoms with Crippen molar-refractivity contribution < 1.29 is 14.8 Å². The fourth-order valence-corrected chi connectivity index (χ4v) is 1.42. The van der Waals surface area contributed by atoms with Gasteiger partial charge < -0.3 is 21.6 Å². The van der Waals surface area contributed by atoms with E-state index in [0.717, 1.165) is 0 Å². The van der Waals surface area contributed by atoms with Gasteiger partial charge in [0, 0.05) is 19.0 Å². The number of nitrogens with two attached hydrogens (primary N) is 1. The molecule has 104 valence electrons. The second-order valence-corrected chi connectivity index (χ2v) is 4.25. The monoisotopic (exact) mass is 258 g/mol. The van der Waals surface area contributed by atoms with E-state index < -0.39 is 5.92 Å². The van der Waals surface area contributed by atoms with Gasteiger partial charge in [-0.2, -0.15) is 0 Å². The number of carbonyl (C=O) groups excluding carboxylic acids is 2. The van der Waals surface area contributed by atoms with Crippen LogP contribution in [0.5, 0.6) is 0 Å². The third-order valence-electron chi connectivity index (χ3n) is 2.30. The van der Waals surface area contributed by atoms with Crippen LogP contribution < -0.4 is 16.4 Å². The molecule has 0 saturated carbocycles. The molecule has 0 aromatic heterocycles. The largest absolute Gasteiger partial charge is 0.409 e. The molecule has 0 bridgehead atoms. The first kappa shape index (κ1) is 16.2. The molecule has 0 rings (SSSR count). The van der Waals surface area contributed by atoms with Crippen LogP contribution in [0.1, 0.15) is 33.6 Å². The third kappa shape index (κ3) is 6.07. The van der Waals surface area contributed by atoms with Crippen molar-refractivity contribution in [2.75, 3.05) is 6.54 Å². The van der Waals surface area contributed by atoms with Gasteiger partial charge >= 0.3 is 0 Å². The Hall–Kier alpha value is -1.79. The van der Waals surface area contributed by atoms with Crippen LogP contribution >= 0.6 is 0 Å². The molecule has 7 nitrogen and oxygen atoms in total. The molecule has 0 aliphatic heterocycles. The number of carbonyl (C=O) groups is 2. The summed E-state index contributed by atoms with van der Waals surface area (Å²) in [6, 6.07) is 0.0776. The number of hydrogen-bond donors (Lipinski definition) is 4. The van der Waals surface area contributed by atoms with Crippen molar-refractivity contribution in [3.8, 4) is 0 Å². The van der Waals surface area contributed by atoms with Gasteiger partial charge in [0.2, 0.25) is 11.8 Å². The second-order valence-electron chi connectivity index (χ2n) is 4.25. The van der Waals surface area contributed by atoms with E-state index in [-0.39, 0.29) is 36.7 Å². The van der Waals surface area contributed by atoms with E-state index in [2.05, 4.69) is 15.8 Å². The van der Waals surface area contributed by atoms with Crippen molar-refractivity contribution in [3.05, 3.63) is 0 Å².